The van der Waals surface area contributed by atoms with Crippen LogP contribution in [0, 0.1) is 11.3 Å². The van der Waals surface area contributed by atoms with E-state index < -0.39 is 11.9 Å². The minimum Gasteiger partial charge on any atom is -0.465 e. The number of benzene rings is 2. The summed E-state index contributed by atoms with van der Waals surface area (Å²) in [4.78, 5) is 23.6. The Balaban J connectivity index is 2.52. The number of hydrogen-bond acceptors (Lipinski definition) is 5. The van der Waals surface area contributed by atoms with Crippen molar-refractivity contribution in [2.75, 3.05) is 14.2 Å². The summed E-state index contributed by atoms with van der Waals surface area (Å²) in [6.45, 7) is 0. The Hall–Kier alpha value is -3.13. The highest BCUT2D eigenvalue weighted by Crippen LogP contribution is 2.24. The van der Waals surface area contributed by atoms with Crippen LogP contribution in [0.4, 0.5) is 0 Å². The second-order valence-corrected chi connectivity index (χ2v) is 4.43. The molecule has 2 rings (SSSR count). The first-order valence-electron chi connectivity index (χ1n) is 6.42. The van der Waals surface area contributed by atoms with Gasteiger partial charge in [-0.1, -0.05) is 18.2 Å². The van der Waals surface area contributed by atoms with Gasteiger partial charge >= 0.3 is 11.9 Å². The van der Waals surface area contributed by atoms with Gasteiger partial charge in [-0.3, -0.25) is 0 Å². The Kier molecular flexibility index (Phi) is 4.54. The lowest BCUT2D eigenvalue weighted by molar-refractivity contribution is 0.0555. The Morgan fingerprint density at radius 2 is 1.41 bits per heavy atom. The predicted molar refractivity (Wildman–Crippen MR) is 79.3 cm³/mol. The maximum absolute atomic E-state index is 11.9. The lowest BCUT2D eigenvalue weighted by atomic mass is 9.98. The first-order valence-corrected chi connectivity index (χ1v) is 6.42. The maximum atomic E-state index is 11.9. The standard InChI is InChI=1S/C17H13NO4/c1-21-16(19)14-8-7-13(9-15(14)17(20)22-2)12-5-3-11(10-18)4-6-12/h3-9H,1-2H3. The Morgan fingerprint density at radius 3 is 1.95 bits per heavy atom. The number of carbonyl (C=O) groups is 2. The van der Waals surface area contributed by atoms with Gasteiger partial charge < -0.3 is 9.47 Å². The third-order valence-electron chi connectivity index (χ3n) is 3.18. The molecule has 0 aliphatic rings. The monoisotopic (exact) mass is 295 g/mol. The van der Waals surface area contributed by atoms with Crippen LogP contribution in [-0.4, -0.2) is 26.2 Å². The van der Waals surface area contributed by atoms with Crippen molar-refractivity contribution in [3.63, 3.8) is 0 Å². The molecule has 0 unspecified atom stereocenters. The van der Waals surface area contributed by atoms with Gasteiger partial charge in [-0.05, 0) is 35.4 Å². The van der Waals surface area contributed by atoms with E-state index in [0.717, 1.165) is 11.1 Å². The summed E-state index contributed by atoms with van der Waals surface area (Å²) in [6.07, 6.45) is 0. The van der Waals surface area contributed by atoms with Gasteiger partial charge in [-0.15, -0.1) is 0 Å². The molecule has 0 saturated carbocycles. The van der Waals surface area contributed by atoms with Gasteiger partial charge in [0.05, 0.1) is 37.0 Å². The SMILES string of the molecule is COC(=O)c1ccc(-c2ccc(C#N)cc2)cc1C(=O)OC. The summed E-state index contributed by atoms with van der Waals surface area (Å²) < 4.78 is 9.37. The summed E-state index contributed by atoms with van der Waals surface area (Å²) in [6, 6.07) is 13.7. The lowest BCUT2D eigenvalue weighted by Crippen LogP contribution is -2.11. The zero-order valence-electron chi connectivity index (χ0n) is 12.1. The van der Waals surface area contributed by atoms with Crippen molar-refractivity contribution in [1.29, 1.82) is 5.26 Å². The van der Waals surface area contributed by atoms with Crippen molar-refractivity contribution in [3.8, 4) is 17.2 Å². The highest BCUT2D eigenvalue weighted by Gasteiger charge is 2.19. The fraction of sp³-hybridized carbons (Fsp3) is 0.118. The number of esters is 2. The first-order chi connectivity index (χ1) is 10.6. The number of ether oxygens (including phenoxy) is 2. The van der Waals surface area contributed by atoms with Crippen molar-refractivity contribution in [3.05, 3.63) is 59.2 Å². The molecule has 5 nitrogen and oxygen atoms in total. The third-order valence-corrected chi connectivity index (χ3v) is 3.18. The molecule has 0 aromatic heterocycles. The molecule has 0 spiro atoms. The van der Waals surface area contributed by atoms with E-state index in [1.54, 1.807) is 36.4 Å². The smallest absolute Gasteiger partial charge is 0.338 e. The number of rotatable bonds is 3. The maximum Gasteiger partial charge on any atom is 0.338 e. The molecule has 110 valence electrons. The molecule has 0 atom stereocenters. The van der Waals surface area contributed by atoms with E-state index in [0.29, 0.717) is 5.56 Å². The fourth-order valence-electron chi connectivity index (χ4n) is 2.03. The van der Waals surface area contributed by atoms with E-state index in [9.17, 15) is 9.59 Å². The van der Waals surface area contributed by atoms with Crippen molar-refractivity contribution in [2.24, 2.45) is 0 Å². The van der Waals surface area contributed by atoms with E-state index in [1.807, 2.05) is 6.07 Å². The van der Waals surface area contributed by atoms with Gasteiger partial charge in [-0.2, -0.15) is 5.26 Å². The van der Waals surface area contributed by atoms with Gasteiger partial charge in [0.15, 0.2) is 0 Å². The summed E-state index contributed by atoms with van der Waals surface area (Å²) in [5.74, 6) is -1.22. The van der Waals surface area contributed by atoms with Gasteiger partial charge in [-0.25, -0.2) is 9.59 Å². The molecule has 0 aliphatic carbocycles. The van der Waals surface area contributed by atoms with Gasteiger partial charge in [0.1, 0.15) is 0 Å². The minimum atomic E-state index is -0.615. The molecule has 0 radical (unpaired) electrons. The lowest BCUT2D eigenvalue weighted by Gasteiger charge is -2.09. The first kappa shape index (κ1) is 15.3. The van der Waals surface area contributed by atoms with Crippen LogP contribution in [0.5, 0.6) is 0 Å². The Labute approximate surface area is 127 Å². The topological polar surface area (TPSA) is 76.4 Å². The molecule has 5 heteroatoms. The van der Waals surface area contributed by atoms with Gasteiger partial charge in [0, 0.05) is 0 Å². The Bertz CT molecular complexity index is 757. The average Bonchev–Trinajstić information content (AvgIpc) is 2.59. The van der Waals surface area contributed by atoms with Crippen LogP contribution in [0.2, 0.25) is 0 Å². The highest BCUT2D eigenvalue weighted by atomic mass is 16.5. The summed E-state index contributed by atoms with van der Waals surface area (Å²) in [5, 5.41) is 8.81. The minimum absolute atomic E-state index is 0.135. The van der Waals surface area contributed by atoms with E-state index in [1.165, 1.54) is 20.3 Å². The second-order valence-electron chi connectivity index (χ2n) is 4.43. The number of nitriles is 1. The summed E-state index contributed by atoms with van der Waals surface area (Å²) in [5.41, 5.74) is 2.38. The number of nitrogens with zero attached hydrogens (tertiary/aromatic N) is 1. The molecule has 2 aromatic carbocycles. The van der Waals surface area contributed by atoms with Crippen molar-refractivity contribution >= 4 is 11.9 Å². The number of hydrogen-bond donors (Lipinski definition) is 0. The molecule has 0 N–H and O–H groups in total. The van der Waals surface area contributed by atoms with Crippen LogP contribution in [0.3, 0.4) is 0 Å². The molecule has 0 heterocycles. The Morgan fingerprint density at radius 1 is 0.864 bits per heavy atom. The average molecular weight is 295 g/mol. The molecule has 0 saturated heterocycles. The number of methoxy groups -OCH3 is 2. The normalized spacial score (nSPS) is 9.68. The van der Waals surface area contributed by atoms with E-state index in [2.05, 4.69) is 4.74 Å². The molecule has 0 fully saturated rings. The van der Waals surface area contributed by atoms with Crippen molar-refractivity contribution in [2.45, 2.75) is 0 Å². The van der Waals surface area contributed by atoms with Gasteiger partial charge in [0.25, 0.3) is 0 Å². The van der Waals surface area contributed by atoms with Gasteiger partial charge in [0.2, 0.25) is 0 Å². The predicted octanol–water partition coefficient (Wildman–Crippen LogP) is 2.80. The zero-order chi connectivity index (χ0) is 16.1. The second kappa shape index (κ2) is 6.55. The fourth-order valence-corrected chi connectivity index (χ4v) is 2.03. The zero-order valence-corrected chi connectivity index (χ0v) is 12.1. The quantitative estimate of drug-likeness (QED) is 0.814. The molecule has 0 bridgehead atoms. The molecule has 2 aromatic rings. The van der Waals surface area contributed by atoms with Crippen LogP contribution in [-0.2, 0) is 9.47 Å². The van der Waals surface area contributed by atoms with Crippen LogP contribution in [0.25, 0.3) is 11.1 Å². The summed E-state index contributed by atoms with van der Waals surface area (Å²) in [7, 11) is 2.50. The van der Waals surface area contributed by atoms with Crippen LogP contribution >= 0.6 is 0 Å². The number of carbonyl (C=O) groups excluding carboxylic acids is 2. The molecule has 0 amide bonds. The van der Waals surface area contributed by atoms with E-state index >= 15 is 0 Å². The van der Waals surface area contributed by atoms with E-state index in [4.69, 9.17) is 10.00 Å². The van der Waals surface area contributed by atoms with Crippen LogP contribution in [0.1, 0.15) is 26.3 Å². The van der Waals surface area contributed by atoms with E-state index in [-0.39, 0.29) is 11.1 Å². The summed E-state index contributed by atoms with van der Waals surface area (Å²) >= 11 is 0. The molecular formula is C17H13NO4. The third kappa shape index (κ3) is 2.96. The van der Waals surface area contributed by atoms with Crippen LogP contribution < -0.4 is 0 Å². The molecule has 0 aliphatic heterocycles. The van der Waals surface area contributed by atoms with Crippen molar-refractivity contribution < 1.29 is 19.1 Å². The van der Waals surface area contributed by atoms with Crippen molar-refractivity contribution in [1.82, 2.24) is 0 Å². The highest BCUT2D eigenvalue weighted by molar-refractivity contribution is 6.04. The van der Waals surface area contributed by atoms with Crippen LogP contribution in [0.15, 0.2) is 42.5 Å². The largest absolute Gasteiger partial charge is 0.465 e. The molecule has 22 heavy (non-hydrogen) atoms. The molecular weight excluding hydrogens is 282 g/mol.